The zero-order valence-electron chi connectivity index (χ0n) is 15.7. The molecule has 2 aromatic carbocycles. The zero-order valence-corrected chi connectivity index (χ0v) is 15.7. The molecule has 1 aliphatic heterocycles. The van der Waals surface area contributed by atoms with Crippen molar-refractivity contribution in [3.05, 3.63) is 63.8 Å². The SMILES string of the molecule is C[C@H](CCc1cc(F)ccc1O)N[C@@H]1CCn2c(=O)[nH]c3cccc(c32)[C@H]1O. The number of hydrogen-bond acceptors (Lipinski definition) is 4. The van der Waals surface area contributed by atoms with Crippen LogP contribution < -0.4 is 11.0 Å². The van der Waals surface area contributed by atoms with E-state index in [1.165, 1.54) is 18.2 Å². The van der Waals surface area contributed by atoms with Crippen molar-refractivity contribution in [1.82, 2.24) is 14.9 Å². The van der Waals surface area contributed by atoms with Crippen LogP contribution in [0.3, 0.4) is 0 Å². The lowest BCUT2D eigenvalue weighted by Gasteiger charge is -2.26. The smallest absolute Gasteiger partial charge is 0.326 e. The molecule has 0 aliphatic carbocycles. The van der Waals surface area contributed by atoms with Gasteiger partial charge in [0.2, 0.25) is 0 Å². The molecule has 1 aromatic heterocycles. The largest absolute Gasteiger partial charge is 0.508 e. The van der Waals surface area contributed by atoms with Crippen LogP contribution in [0.2, 0.25) is 0 Å². The summed E-state index contributed by atoms with van der Waals surface area (Å²) in [5.41, 5.74) is 2.64. The topological polar surface area (TPSA) is 90.3 Å². The first-order valence-corrected chi connectivity index (χ1v) is 9.57. The predicted molar refractivity (Wildman–Crippen MR) is 105 cm³/mol. The number of aliphatic hydroxyl groups excluding tert-OH is 1. The molecule has 0 saturated carbocycles. The summed E-state index contributed by atoms with van der Waals surface area (Å²) >= 11 is 0. The number of aromatic hydroxyl groups is 1. The highest BCUT2D eigenvalue weighted by Gasteiger charge is 2.29. The molecular weight excluding hydrogens is 361 g/mol. The maximum atomic E-state index is 13.4. The maximum Gasteiger partial charge on any atom is 0.326 e. The first-order chi connectivity index (χ1) is 13.4. The van der Waals surface area contributed by atoms with Gasteiger partial charge in [0.15, 0.2) is 0 Å². The standard InChI is InChI=1S/C21H24FN3O3/c1-12(5-6-13-11-14(22)7-8-18(13)26)23-17-9-10-25-19-15(20(17)27)3-2-4-16(19)24-21(25)28/h2-4,7-8,11-12,17,20,23,26-27H,5-6,9-10H2,1H3,(H,24,28)/t12-,17-,20-/m1/s1. The Bertz CT molecular complexity index is 1060. The summed E-state index contributed by atoms with van der Waals surface area (Å²) in [6.45, 7) is 2.52. The molecule has 6 nitrogen and oxygen atoms in total. The predicted octanol–water partition coefficient (Wildman–Crippen LogP) is 2.59. The quantitative estimate of drug-likeness (QED) is 0.543. The normalized spacial score (nSPS) is 20.2. The summed E-state index contributed by atoms with van der Waals surface area (Å²) in [7, 11) is 0. The molecule has 0 unspecified atom stereocenters. The van der Waals surface area contributed by atoms with Crippen LogP contribution in [0.1, 0.15) is 37.0 Å². The van der Waals surface area contributed by atoms with E-state index >= 15 is 0 Å². The molecule has 0 spiro atoms. The van der Waals surface area contributed by atoms with Gasteiger partial charge >= 0.3 is 5.69 Å². The third kappa shape index (κ3) is 3.43. The van der Waals surface area contributed by atoms with Crippen molar-refractivity contribution >= 4 is 11.0 Å². The number of para-hydroxylation sites is 1. The first-order valence-electron chi connectivity index (χ1n) is 9.57. The van der Waals surface area contributed by atoms with E-state index in [9.17, 15) is 19.4 Å². The van der Waals surface area contributed by atoms with Crippen molar-refractivity contribution in [2.45, 2.75) is 50.9 Å². The molecule has 0 bridgehead atoms. The second kappa shape index (κ2) is 7.41. The van der Waals surface area contributed by atoms with Gasteiger partial charge in [-0.15, -0.1) is 0 Å². The minimum absolute atomic E-state index is 0.0391. The molecule has 7 heteroatoms. The number of aryl methyl sites for hydroxylation is 2. The molecule has 4 N–H and O–H groups in total. The van der Waals surface area contributed by atoms with Crippen molar-refractivity contribution in [3.8, 4) is 5.75 Å². The van der Waals surface area contributed by atoms with Crippen molar-refractivity contribution in [2.75, 3.05) is 0 Å². The summed E-state index contributed by atoms with van der Waals surface area (Å²) in [6.07, 6.45) is 1.07. The van der Waals surface area contributed by atoms with Crippen molar-refractivity contribution in [3.63, 3.8) is 0 Å². The van der Waals surface area contributed by atoms with Crippen LogP contribution in [0.15, 0.2) is 41.2 Å². The number of imidazole rings is 1. The average Bonchev–Trinajstić information content (AvgIpc) is 2.92. The van der Waals surface area contributed by atoms with Crippen LogP contribution in [0.5, 0.6) is 5.75 Å². The zero-order chi connectivity index (χ0) is 19.8. The van der Waals surface area contributed by atoms with E-state index in [0.29, 0.717) is 31.4 Å². The summed E-state index contributed by atoms with van der Waals surface area (Å²) < 4.78 is 15.1. The van der Waals surface area contributed by atoms with Crippen LogP contribution in [0.4, 0.5) is 4.39 Å². The Morgan fingerprint density at radius 3 is 3.00 bits per heavy atom. The molecular formula is C21H24FN3O3. The fourth-order valence-corrected chi connectivity index (χ4v) is 4.09. The highest BCUT2D eigenvalue weighted by molar-refractivity contribution is 5.79. The Balaban J connectivity index is 1.48. The van der Waals surface area contributed by atoms with Gasteiger partial charge in [-0.2, -0.15) is 0 Å². The lowest BCUT2D eigenvalue weighted by atomic mass is 9.98. The van der Waals surface area contributed by atoms with Gasteiger partial charge in [-0.3, -0.25) is 4.57 Å². The van der Waals surface area contributed by atoms with Gasteiger partial charge in [0.1, 0.15) is 11.6 Å². The highest BCUT2D eigenvalue weighted by atomic mass is 19.1. The van der Waals surface area contributed by atoms with Crippen LogP contribution in [-0.4, -0.2) is 31.8 Å². The summed E-state index contributed by atoms with van der Waals surface area (Å²) in [5.74, 6) is -0.277. The lowest BCUT2D eigenvalue weighted by Crippen LogP contribution is -2.41. The summed E-state index contributed by atoms with van der Waals surface area (Å²) in [4.78, 5) is 15.0. The first kappa shape index (κ1) is 18.7. The number of nitrogens with zero attached hydrogens (tertiary/aromatic N) is 1. The van der Waals surface area contributed by atoms with Crippen molar-refractivity contribution in [1.29, 1.82) is 0 Å². The van der Waals surface area contributed by atoms with E-state index in [1.54, 1.807) is 4.57 Å². The molecule has 0 amide bonds. The Labute approximate surface area is 161 Å². The van der Waals surface area contributed by atoms with Gasteiger partial charge in [-0.05, 0) is 56.0 Å². The Morgan fingerprint density at radius 2 is 2.18 bits per heavy atom. The molecule has 4 rings (SSSR count). The third-order valence-electron chi connectivity index (χ3n) is 5.57. The number of phenolic OH excluding ortho intramolecular Hbond substituents is 1. The number of aromatic amines is 1. The number of benzene rings is 2. The molecule has 0 saturated heterocycles. The molecule has 0 fully saturated rings. The second-order valence-electron chi connectivity index (χ2n) is 7.54. The van der Waals surface area contributed by atoms with Gasteiger partial charge in [0, 0.05) is 24.2 Å². The lowest BCUT2D eigenvalue weighted by molar-refractivity contribution is 0.119. The van der Waals surface area contributed by atoms with Gasteiger partial charge in [-0.25, -0.2) is 9.18 Å². The number of nitrogens with one attached hydrogen (secondary N) is 2. The summed E-state index contributed by atoms with van der Waals surface area (Å²) in [6, 6.07) is 9.31. The molecule has 3 aromatic rings. The Hall–Kier alpha value is -2.64. The van der Waals surface area contributed by atoms with E-state index < -0.39 is 6.10 Å². The number of rotatable bonds is 5. The van der Waals surface area contributed by atoms with Crippen LogP contribution >= 0.6 is 0 Å². The second-order valence-corrected chi connectivity index (χ2v) is 7.54. The number of hydrogen-bond donors (Lipinski definition) is 4. The van der Waals surface area contributed by atoms with Gasteiger partial charge in [0.25, 0.3) is 0 Å². The number of H-pyrrole nitrogens is 1. The fraction of sp³-hybridized carbons (Fsp3) is 0.381. The van der Waals surface area contributed by atoms with E-state index in [1.807, 2.05) is 25.1 Å². The van der Waals surface area contributed by atoms with Crippen molar-refractivity contribution < 1.29 is 14.6 Å². The average molecular weight is 385 g/mol. The Kier molecular flexibility index (Phi) is 4.95. The highest BCUT2D eigenvalue weighted by Crippen LogP contribution is 2.30. The number of aromatic nitrogens is 2. The number of phenols is 1. The van der Waals surface area contributed by atoms with Crippen molar-refractivity contribution in [2.24, 2.45) is 0 Å². The minimum atomic E-state index is -0.738. The van der Waals surface area contributed by atoms with E-state index in [4.69, 9.17) is 0 Å². The number of aliphatic hydroxyl groups is 1. The molecule has 2 heterocycles. The fourth-order valence-electron chi connectivity index (χ4n) is 4.09. The van der Waals surface area contributed by atoms with Gasteiger partial charge in [-0.1, -0.05) is 12.1 Å². The van der Waals surface area contributed by atoms with E-state index in [-0.39, 0.29) is 29.3 Å². The van der Waals surface area contributed by atoms with E-state index in [2.05, 4.69) is 10.3 Å². The van der Waals surface area contributed by atoms with E-state index in [0.717, 1.165) is 16.6 Å². The van der Waals surface area contributed by atoms with Crippen LogP contribution in [0, 0.1) is 5.82 Å². The molecule has 148 valence electrons. The monoisotopic (exact) mass is 385 g/mol. The molecule has 0 radical (unpaired) electrons. The molecule has 1 aliphatic rings. The maximum absolute atomic E-state index is 13.4. The summed E-state index contributed by atoms with van der Waals surface area (Å²) in [5, 5.41) is 24.3. The molecule has 3 atom stereocenters. The van der Waals surface area contributed by atoms with Gasteiger partial charge < -0.3 is 20.5 Å². The van der Waals surface area contributed by atoms with Gasteiger partial charge in [0.05, 0.1) is 17.1 Å². The van der Waals surface area contributed by atoms with Crippen LogP contribution in [0.25, 0.3) is 11.0 Å². The van der Waals surface area contributed by atoms with Crippen LogP contribution in [-0.2, 0) is 13.0 Å². The Morgan fingerprint density at radius 1 is 1.36 bits per heavy atom. The number of halogens is 1. The minimum Gasteiger partial charge on any atom is -0.508 e. The molecule has 28 heavy (non-hydrogen) atoms. The third-order valence-corrected chi connectivity index (χ3v) is 5.57.